The van der Waals surface area contributed by atoms with Gasteiger partial charge in [0.15, 0.2) is 5.82 Å². The Morgan fingerprint density at radius 2 is 2.27 bits per heavy atom. The van der Waals surface area contributed by atoms with Gasteiger partial charge in [0.05, 0.1) is 12.3 Å². The molecule has 0 unspecified atom stereocenters. The van der Waals surface area contributed by atoms with E-state index in [1.807, 2.05) is 6.07 Å². The zero-order valence-electron chi connectivity index (χ0n) is 13.8. The molecule has 1 aliphatic heterocycles. The molecule has 0 aromatic carbocycles. The third-order valence-electron chi connectivity index (χ3n) is 4.11. The SMILES string of the molecule is CCOC(=O)OC[C@H]1O[C@@](C#N)(c2ccc3c(N)ncnn23)[C@H](O)[C@@H]1O. The van der Waals surface area contributed by atoms with Crippen LogP contribution in [0.3, 0.4) is 0 Å². The number of hydrogen-bond acceptors (Lipinski definition) is 10. The van der Waals surface area contributed by atoms with Gasteiger partial charge in [-0.1, -0.05) is 0 Å². The number of nitrogens with zero attached hydrogens (tertiary/aromatic N) is 4. The van der Waals surface area contributed by atoms with Gasteiger partial charge < -0.3 is 30.2 Å². The molecule has 138 valence electrons. The van der Waals surface area contributed by atoms with Crippen LogP contribution in [-0.4, -0.2) is 62.5 Å². The van der Waals surface area contributed by atoms with Gasteiger partial charge in [-0.15, -0.1) is 0 Å². The highest BCUT2D eigenvalue weighted by Crippen LogP contribution is 2.40. The lowest BCUT2D eigenvalue weighted by Crippen LogP contribution is -2.41. The van der Waals surface area contributed by atoms with Crippen LogP contribution < -0.4 is 5.73 Å². The molecule has 4 N–H and O–H groups in total. The molecule has 0 bridgehead atoms. The first kappa shape index (κ1) is 17.9. The highest BCUT2D eigenvalue weighted by atomic mass is 16.7. The van der Waals surface area contributed by atoms with Crippen LogP contribution in [-0.2, 0) is 19.8 Å². The second-order valence-corrected chi connectivity index (χ2v) is 5.59. The highest BCUT2D eigenvalue weighted by Gasteiger charge is 2.57. The number of ether oxygens (including phenoxy) is 3. The number of carbonyl (C=O) groups is 1. The number of aliphatic hydroxyl groups excluding tert-OH is 2. The fourth-order valence-corrected chi connectivity index (χ4v) is 2.86. The number of aliphatic hydroxyl groups is 2. The van der Waals surface area contributed by atoms with Gasteiger partial charge in [0, 0.05) is 0 Å². The Labute approximate surface area is 147 Å². The number of carbonyl (C=O) groups excluding carboxylic acids is 1. The molecule has 1 aliphatic rings. The van der Waals surface area contributed by atoms with Crippen LogP contribution in [0.5, 0.6) is 0 Å². The van der Waals surface area contributed by atoms with Crippen molar-refractivity contribution in [2.24, 2.45) is 0 Å². The van der Waals surface area contributed by atoms with Gasteiger partial charge in [-0.05, 0) is 19.1 Å². The van der Waals surface area contributed by atoms with Gasteiger partial charge in [0.2, 0.25) is 5.60 Å². The van der Waals surface area contributed by atoms with Gasteiger partial charge in [-0.25, -0.2) is 14.3 Å². The lowest BCUT2D eigenvalue weighted by molar-refractivity contribution is -0.0717. The predicted molar refractivity (Wildman–Crippen MR) is 84.6 cm³/mol. The molecule has 0 aliphatic carbocycles. The Morgan fingerprint density at radius 1 is 1.50 bits per heavy atom. The Hall–Kier alpha value is -2.94. The molecule has 0 saturated carbocycles. The van der Waals surface area contributed by atoms with Crippen LogP contribution in [0.2, 0.25) is 0 Å². The summed E-state index contributed by atoms with van der Waals surface area (Å²) >= 11 is 0. The van der Waals surface area contributed by atoms with Gasteiger partial charge in [-0.3, -0.25) is 0 Å². The van der Waals surface area contributed by atoms with Crippen LogP contribution in [0, 0.1) is 11.3 Å². The molecule has 3 heterocycles. The fourth-order valence-electron chi connectivity index (χ4n) is 2.86. The summed E-state index contributed by atoms with van der Waals surface area (Å²) in [6, 6.07) is 4.95. The molecule has 1 saturated heterocycles. The van der Waals surface area contributed by atoms with E-state index in [4.69, 9.17) is 15.2 Å². The average Bonchev–Trinajstić information content (AvgIpc) is 3.16. The topological polar surface area (TPSA) is 165 Å². The predicted octanol–water partition coefficient (Wildman–Crippen LogP) is -0.676. The first-order valence-electron chi connectivity index (χ1n) is 7.78. The van der Waals surface area contributed by atoms with Crippen LogP contribution >= 0.6 is 0 Å². The summed E-state index contributed by atoms with van der Waals surface area (Å²) in [5.74, 6) is 0.176. The summed E-state index contributed by atoms with van der Waals surface area (Å²) in [5, 5.41) is 34.5. The molecule has 0 radical (unpaired) electrons. The van der Waals surface area contributed by atoms with Gasteiger partial charge in [0.25, 0.3) is 0 Å². The Bertz CT molecular complexity index is 864. The van der Waals surface area contributed by atoms with Crippen molar-refractivity contribution in [1.82, 2.24) is 14.6 Å². The molecule has 26 heavy (non-hydrogen) atoms. The van der Waals surface area contributed by atoms with Gasteiger partial charge >= 0.3 is 6.16 Å². The van der Waals surface area contributed by atoms with E-state index in [0.29, 0.717) is 5.52 Å². The van der Waals surface area contributed by atoms with E-state index in [2.05, 4.69) is 14.8 Å². The summed E-state index contributed by atoms with van der Waals surface area (Å²) in [6.45, 7) is 1.33. The van der Waals surface area contributed by atoms with Crippen LogP contribution in [0.15, 0.2) is 18.5 Å². The number of hydrogen-bond donors (Lipinski definition) is 3. The highest BCUT2D eigenvalue weighted by molar-refractivity contribution is 5.66. The first-order valence-corrected chi connectivity index (χ1v) is 7.78. The van der Waals surface area contributed by atoms with Gasteiger partial charge in [-0.2, -0.15) is 10.4 Å². The third-order valence-corrected chi connectivity index (χ3v) is 4.11. The summed E-state index contributed by atoms with van der Waals surface area (Å²) in [7, 11) is 0. The van der Waals surface area contributed by atoms with Crippen molar-refractivity contribution in [2.75, 3.05) is 18.9 Å². The minimum absolute atomic E-state index is 0.120. The maximum absolute atomic E-state index is 11.3. The standard InChI is InChI=1S/C15H17N5O6/c1-2-24-14(23)25-5-9-11(21)12(22)15(6-16,26-9)10-4-3-8-13(17)18-7-19-20(8)10/h3-4,7,9,11-12,21-22H,2,5H2,1H3,(H2,17,18,19)/t9-,11-,12-,15+/m1/s1. The number of aromatic nitrogens is 3. The minimum Gasteiger partial charge on any atom is -0.435 e. The molecule has 1 fully saturated rings. The molecule has 2 aromatic heterocycles. The number of rotatable bonds is 4. The Balaban J connectivity index is 1.92. The first-order chi connectivity index (χ1) is 12.4. The van der Waals surface area contributed by atoms with E-state index in [1.165, 1.54) is 16.9 Å². The van der Waals surface area contributed by atoms with Crippen molar-refractivity contribution in [1.29, 1.82) is 5.26 Å². The number of nitriles is 1. The Morgan fingerprint density at radius 3 is 2.96 bits per heavy atom. The summed E-state index contributed by atoms with van der Waals surface area (Å²) in [6.07, 6.45) is -3.98. The zero-order chi connectivity index (χ0) is 18.9. The zero-order valence-corrected chi connectivity index (χ0v) is 13.8. The lowest BCUT2D eigenvalue weighted by Gasteiger charge is -2.24. The molecule has 11 heteroatoms. The monoisotopic (exact) mass is 363 g/mol. The molecule has 3 rings (SSSR count). The van der Waals surface area contributed by atoms with E-state index in [9.17, 15) is 20.3 Å². The molecule has 4 atom stereocenters. The lowest BCUT2D eigenvalue weighted by atomic mass is 9.92. The smallest absolute Gasteiger partial charge is 0.435 e. The van der Waals surface area contributed by atoms with E-state index in [0.717, 1.165) is 0 Å². The van der Waals surface area contributed by atoms with E-state index >= 15 is 0 Å². The van der Waals surface area contributed by atoms with Crippen molar-refractivity contribution >= 4 is 17.5 Å². The van der Waals surface area contributed by atoms with Crippen LogP contribution in [0.1, 0.15) is 12.6 Å². The summed E-state index contributed by atoms with van der Waals surface area (Å²) < 4.78 is 16.4. The summed E-state index contributed by atoms with van der Waals surface area (Å²) in [4.78, 5) is 15.2. The van der Waals surface area contributed by atoms with Crippen molar-refractivity contribution in [3.05, 3.63) is 24.2 Å². The average molecular weight is 363 g/mol. The van der Waals surface area contributed by atoms with Crippen molar-refractivity contribution in [2.45, 2.75) is 30.8 Å². The van der Waals surface area contributed by atoms with Crippen molar-refractivity contribution < 1.29 is 29.2 Å². The van der Waals surface area contributed by atoms with E-state index < -0.39 is 36.7 Å². The van der Waals surface area contributed by atoms with Crippen molar-refractivity contribution in [3.63, 3.8) is 0 Å². The third kappa shape index (κ3) is 2.70. The Kier molecular flexibility index (Phi) is 4.64. The largest absolute Gasteiger partial charge is 0.508 e. The second kappa shape index (κ2) is 6.75. The van der Waals surface area contributed by atoms with Crippen LogP contribution in [0.4, 0.5) is 10.6 Å². The quantitative estimate of drug-likeness (QED) is 0.593. The number of nitrogen functional groups attached to an aromatic ring is 1. The fraction of sp³-hybridized carbons (Fsp3) is 0.467. The second-order valence-electron chi connectivity index (χ2n) is 5.59. The number of fused-ring (bicyclic) bond motifs is 1. The normalized spacial score (nSPS) is 28.0. The van der Waals surface area contributed by atoms with Crippen molar-refractivity contribution in [3.8, 4) is 6.07 Å². The van der Waals surface area contributed by atoms with Crippen LogP contribution in [0.25, 0.3) is 5.52 Å². The maximum Gasteiger partial charge on any atom is 0.508 e. The molecule has 0 amide bonds. The molecule has 0 spiro atoms. The van der Waals surface area contributed by atoms with Gasteiger partial charge in [0.1, 0.15) is 42.8 Å². The molecule has 2 aromatic rings. The number of nitrogens with two attached hydrogens (primary N) is 1. The maximum atomic E-state index is 11.3. The molecular weight excluding hydrogens is 346 g/mol. The number of anilines is 1. The van der Waals surface area contributed by atoms with E-state index in [1.54, 1.807) is 13.0 Å². The molecule has 11 nitrogen and oxygen atoms in total. The minimum atomic E-state index is -1.94. The van der Waals surface area contributed by atoms with E-state index in [-0.39, 0.29) is 18.1 Å². The molecular formula is C15H17N5O6. The summed E-state index contributed by atoms with van der Waals surface area (Å²) in [5.41, 5.74) is 4.41.